The fourth-order valence-electron chi connectivity index (χ4n) is 3.84. The summed E-state index contributed by atoms with van der Waals surface area (Å²) in [7, 11) is 0. The van der Waals surface area contributed by atoms with E-state index in [0.717, 1.165) is 5.56 Å². The normalized spacial score (nSPS) is 17.9. The van der Waals surface area contributed by atoms with Gasteiger partial charge in [0.1, 0.15) is 0 Å². The van der Waals surface area contributed by atoms with Crippen LogP contribution in [0.1, 0.15) is 17.5 Å². The number of amides is 1. The van der Waals surface area contributed by atoms with Crippen molar-refractivity contribution >= 4 is 11.6 Å². The van der Waals surface area contributed by atoms with E-state index in [-0.39, 0.29) is 13.0 Å². The Hall–Kier alpha value is -3.67. The lowest BCUT2D eigenvalue weighted by atomic mass is 9.68. The van der Waals surface area contributed by atoms with E-state index in [1.54, 1.807) is 17.0 Å². The largest absolute Gasteiger partial charge is 0.354 e. The summed E-state index contributed by atoms with van der Waals surface area (Å²) in [4.78, 5) is 15.4. The average molecular weight is 383 g/mol. The number of ether oxygens (including phenoxy) is 1. The van der Waals surface area contributed by atoms with Crippen LogP contribution in [0.25, 0.3) is 0 Å². The maximum atomic E-state index is 13.9. The van der Waals surface area contributed by atoms with Crippen LogP contribution in [0.15, 0.2) is 79.9 Å². The van der Waals surface area contributed by atoms with Crippen molar-refractivity contribution in [2.75, 3.05) is 11.5 Å². The molecule has 0 fully saturated rings. The van der Waals surface area contributed by atoms with Gasteiger partial charge in [0.05, 0.1) is 31.0 Å². The van der Waals surface area contributed by atoms with E-state index in [2.05, 4.69) is 25.3 Å². The van der Waals surface area contributed by atoms with Gasteiger partial charge in [-0.15, -0.1) is 13.2 Å². The molecule has 0 saturated heterocycles. The first-order valence-corrected chi connectivity index (χ1v) is 9.24. The molecule has 3 rings (SSSR count). The molecule has 0 N–H and O–H groups in total. The molecule has 1 heterocycles. The number of anilines is 1. The average Bonchev–Trinajstić information content (AvgIpc) is 3.00. The highest BCUT2D eigenvalue weighted by Gasteiger charge is 2.65. The summed E-state index contributed by atoms with van der Waals surface area (Å²) in [5.74, 6) is -0.436. The number of nitriles is 2. The molecule has 0 aliphatic carbocycles. The van der Waals surface area contributed by atoms with Crippen LogP contribution in [-0.4, -0.2) is 12.5 Å². The van der Waals surface area contributed by atoms with Crippen molar-refractivity contribution in [3.63, 3.8) is 0 Å². The predicted octanol–water partition coefficient (Wildman–Crippen LogP) is 4.24. The summed E-state index contributed by atoms with van der Waals surface area (Å²) in [5.41, 5.74) is -1.48. The molecule has 1 atom stereocenters. The SMILES string of the molecule is C=CCOC1(C(C#N)(C#N)CC=C)C(=O)N(Cc2ccccc2)c2ccccc21. The molecular formula is C24H21N3O2. The first kappa shape index (κ1) is 20.1. The number of hydrogen-bond acceptors (Lipinski definition) is 4. The number of nitrogens with zero attached hydrogens (tertiary/aromatic N) is 3. The van der Waals surface area contributed by atoms with Crippen molar-refractivity contribution in [2.45, 2.75) is 18.6 Å². The van der Waals surface area contributed by atoms with Crippen LogP contribution >= 0.6 is 0 Å². The predicted molar refractivity (Wildman–Crippen MR) is 110 cm³/mol. The van der Waals surface area contributed by atoms with Gasteiger partial charge in [-0.1, -0.05) is 60.7 Å². The molecule has 1 aliphatic heterocycles. The molecule has 0 bridgehead atoms. The minimum Gasteiger partial charge on any atom is -0.354 e. The Labute approximate surface area is 170 Å². The van der Waals surface area contributed by atoms with Crippen LogP contribution < -0.4 is 4.90 Å². The second-order valence-electron chi connectivity index (χ2n) is 6.80. The highest BCUT2D eigenvalue weighted by Crippen LogP contribution is 2.54. The molecule has 29 heavy (non-hydrogen) atoms. The van der Waals surface area contributed by atoms with Gasteiger partial charge in [-0.2, -0.15) is 10.5 Å². The smallest absolute Gasteiger partial charge is 0.267 e. The molecule has 0 radical (unpaired) electrons. The molecule has 2 aromatic rings. The lowest BCUT2D eigenvalue weighted by Crippen LogP contribution is -2.53. The van der Waals surface area contributed by atoms with Crippen LogP contribution in [0.5, 0.6) is 0 Å². The van der Waals surface area contributed by atoms with Crippen LogP contribution in [0, 0.1) is 28.1 Å². The standard InChI is InChI=1S/C24H21N3O2/c1-3-14-23(17-25,18-26)24(29-15-4-2)20-12-8-9-13-21(20)27(22(24)28)16-19-10-6-5-7-11-19/h3-13H,1-2,14-16H2. The number of fused-ring (bicyclic) bond motifs is 1. The van der Waals surface area contributed by atoms with E-state index in [4.69, 9.17) is 4.74 Å². The molecule has 144 valence electrons. The topological polar surface area (TPSA) is 77.1 Å². The number of carbonyl (C=O) groups excluding carboxylic acids is 1. The van der Waals surface area contributed by atoms with Crippen LogP contribution in [0.2, 0.25) is 0 Å². The van der Waals surface area contributed by atoms with Crippen molar-refractivity contribution in [1.29, 1.82) is 10.5 Å². The molecular weight excluding hydrogens is 362 g/mol. The second-order valence-corrected chi connectivity index (χ2v) is 6.80. The zero-order chi connectivity index (χ0) is 20.9. The Morgan fingerprint density at radius 1 is 1.03 bits per heavy atom. The van der Waals surface area contributed by atoms with Gasteiger partial charge in [0.25, 0.3) is 5.91 Å². The monoisotopic (exact) mass is 383 g/mol. The number of para-hydroxylation sites is 1. The molecule has 0 spiro atoms. The highest BCUT2D eigenvalue weighted by atomic mass is 16.5. The number of carbonyl (C=O) groups is 1. The fourth-order valence-corrected chi connectivity index (χ4v) is 3.84. The highest BCUT2D eigenvalue weighted by molar-refractivity contribution is 6.08. The van der Waals surface area contributed by atoms with E-state index in [9.17, 15) is 15.3 Å². The van der Waals surface area contributed by atoms with Crippen molar-refractivity contribution in [1.82, 2.24) is 0 Å². The second kappa shape index (κ2) is 8.14. The van der Waals surface area contributed by atoms with Gasteiger partial charge in [0.2, 0.25) is 5.60 Å². The molecule has 5 nitrogen and oxygen atoms in total. The van der Waals surface area contributed by atoms with Gasteiger partial charge >= 0.3 is 0 Å². The zero-order valence-corrected chi connectivity index (χ0v) is 16.0. The summed E-state index contributed by atoms with van der Waals surface area (Å²) in [6.45, 7) is 7.67. The third-order valence-corrected chi connectivity index (χ3v) is 5.15. The quantitative estimate of drug-likeness (QED) is 0.639. The Bertz CT molecular complexity index is 1000. The van der Waals surface area contributed by atoms with Crippen molar-refractivity contribution in [3.8, 4) is 12.1 Å². The lowest BCUT2D eigenvalue weighted by molar-refractivity contribution is -0.153. The minimum absolute atomic E-state index is 0.0154. The van der Waals surface area contributed by atoms with Gasteiger partial charge in [-0.25, -0.2) is 0 Å². The zero-order valence-electron chi connectivity index (χ0n) is 16.0. The summed E-state index contributed by atoms with van der Waals surface area (Å²) in [6.07, 6.45) is 2.96. The fraction of sp³-hybridized carbons (Fsp3) is 0.208. The van der Waals surface area contributed by atoms with Crippen molar-refractivity contribution in [3.05, 3.63) is 91.0 Å². The number of allylic oxidation sites excluding steroid dienone is 1. The number of benzene rings is 2. The van der Waals surface area contributed by atoms with Gasteiger partial charge < -0.3 is 9.64 Å². The first-order chi connectivity index (χ1) is 14.1. The Morgan fingerprint density at radius 3 is 2.31 bits per heavy atom. The van der Waals surface area contributed by atoms with Gasteiger partial charge in [-0.05, 0) is 11.6 Å². The maximum Gasteiger partial charge on any atom is 0.267 e. The van der Waals surface area contributed by atoms with Gasteiger partial charge in [0.15, 0.2) is 5.41 Å². The lowest BCUT2D eigenvalue weighted by Gasteiger charge is -2.37. The molecule has 0 saturated carbocycles. The third kappa shape index (κ3) is 3.02. The van der Waals surface area contributed by atoms with E-state index < -0.39 is 16.9 Å². The van der Waals surface area contributed by atoms with E-state index in [1.165, 1.54) is 12.2 Å². The molecule has 0 aromatic heterocycles. The van der Waals surface area contributed by atoms with Gasteiger partial charge in [0, 0.05) is 12.0 Å². The van der Waals surface area contributed by atoms with Crippen molar-refractivity contribution < 1.29 is 9.53 Å². The Balaban J connectivity index is 2.25. The summed E-state index contributed by atoms with van der Waals surface area (Å²) in [5, 5.41) is 20.1. The molecule has 5 heteroatoms. The summed E-state index contributed by atoms with van der Waals surface area (Å²) < 4.78 is 6.04. The van der Waals surface area contributed by atoms with Crippen molar-refractivity contribution in [2.24, 2.45) is 5.41 Å². The van der Waals surface area contributed by atoms with Gasteiger partial charge in [-0.3, -0.25) is 4.79 Å². The van der Waals surface area contributed by atoms with E-state index in [1.807, 2.05) is 42.5 Å². The molecule has 1 aliphatic rings. The third-order valence-electron chi connectivity index (χ3n) is 5.15. The van der Waals surface area contributed by atoms with Crippen LogP contribution in [0.3, 0.4) is 0 Å². The summed E-state index contributed by atoms with van der Waals surface area (Å²) >= 11 is 0. The van der Waals surface area contributed by atoms with E-state index in [0.29, 0.717) is 17.8 Å². The Morgan fingerprint density at radius 2 is 1.69 bits per heavy atom. The number of hydrogen-bond donors (Lipinski definition) is 0. The number of rotatable bonds is 8. The van der Waals surface area contributed by atoms with Crippen LogP contribution in [-0.2, 0) is 21.7 Å². The molecule has 1 unspecified atom stereocenters. The Kier molecular flexibility index (Phi) is 5.64. The van der Waals surface area contributed by atoms with Crippen LogP contribution in [0.4, 0.5) is 5.69 Å². The molecule has 1 amide bonds. The summed E-state index contributed by atoms with van der Waals surface area (Å²) in [6, 6.07) is 20.8. The minimum atomic E-state index is -1.77. The van der Waals surface area contributed by atoms with E-state index >= 15 is 0 Å². The first-order valence-electron chi connectivity index (χ1n) is 9.24. The maximum absolute atomic E-state index is 13.9. The molecule has 2 aromatic carbocycles.